The van der Waals surface area contributed by atoms with Crippen LogP contribution in [0.4, 0.5) is 0 Å². The summed E-state index contributed by atoms with van der Waals surface area (Å²) < 4.78 is 0. The molecule has 0 fully saturated rings. The summed E-state index contributed by atoms with van der Waals surface area (Å²) in [7, 11) is 0. The summed E-state index contributed by atoms with van der Waals surface area (Å²) in [5.41, 5.74) is 0.331. The van der Waals surface area contributed by atoms with Crippen molar-refractivity contribution in [2.45, 2.75) is 0 Å². The van der Waals surface area contributed by atoms with Gasteiger partial charge in [0.15, 0.2) is 0 Å². The van der Waals surface area contributed by atoms with Crippen LogP contribution in [0.1, 0.15) is 10.4 Å². The zero-order valence-corrected chi connectivity index (χ0v) is 8.10. The summed E-state index contributed by atoms with van der Waals surface area (Å²) >= 11 is 4.64. The maximum Gasteiger partial charge on any atom is 0.335 e. The summed E-state index contributed by atoms with van der Waals surface area (Å²) in [4.78, 5) is 10.2. The lowest BCUT2D eigenvalue weighted by Crippen LogP contribution is -1.93. The van der Waals surface area contributed by atoms with Gasteiger partial charge in [0, 0.05) is 6.38 Å². The highest BCUT2D eigenvalue weighted by Crippen LogP contribution is 1.96. The smallest absolute Gasteiger partial charge is 0.335 e. The van der Waals surface area contributed by atoms with Crippen molar-refractivity contribution in [1.29, 1.82) is 0 Å². The molecular formula is C8H10Cl2O2. The minimum absolute atomic E-state index is 0. The quantitative estimate of drug-likeness (QED) is 0.722. The molecule has 0 saturated carbocycles. The van der Waals surface area contributed by atoms with E-state index in [1.807, 2.05) is 0 Å². The number of hydrogen-bond acceptors (Lipinski definition) is 1. The van der Waals surface area contributed by atoms with E-state index in [0.717, 1.165) is 0 Å². The third kappa shape index (κ3) is 4.99. The van der Waals surface area contributed by atoms with E-state index >= 15 is 0 Å². The van der Waals surface area contributed by atoms with Gasteiger partial charge in [0.1, 0.15) is 0 Å². The Kier molecular flexibility index (Phi) is 9.65. The van der Waals surface area contributed by atoms with Crippen molar-refractivity contribution in [3.8, 4) is 0 Å². The highest BCUT2D eigenvalue weighted by molar-refractivity contribution is 6.15. The Hall–Kier alpha value is -0.730. The Morgan fingerprint density at radius 2 is 1.67 bits per heavy atom. The van der Waals surface area contributed by atoms with Crippen LogP contribution in [0.15, 0.2) is 30.3 Å². The van der Waals surface area contributed by atoms with Crippen LogP contribution < -0.4 is 0 Å². The molecule has 0 aliphatic heterocycles. The minimum Gasteiger partial charge on any atom is -0.478 e. The van der Waals surface area contributed by atoms with E-state index in [2.05, 4.69) is 11.6 Å². The Balaban J connectivity index is 0. The molecule has 0 aliphatic rings. The topological polar surface area (TPSA) is 37.3 Å². The van der Waals surface area contributed by atoms with Crippen LogP contribution in [-0.2, 0) is 0 Å². The molecule has 1 rings (SSSR count). The lowest BCUT2D eigenvalue weighted by molar-refractivity contribution is 0.0697. The molecule has 1 N–H and O–H groups in total. The predicted molar refractivity (Wildman–Crippen MR) is 52.4 cm³/mol. The van der Waals surface area contributed by atoms with E-state index < -0.39 is 5.97 Å². The first-order valence-electron chi connectivity index (χ1n) is 2.97. The number of carbonyl (C=O) groups is 1. The fraction of sp³-hybridized carbons (Fsp3) is 0.125. The Bertz CT molecular complexity index is 212. The van der Waals surface area contributed by atoms with Crippen LogP contribution in [0.3, 0.4) is 0 Å². The standard InChI is InChI=1S/C7H6O2.CH3Cl.ClH/c8-7(9)6-4-2-1-3-5-6;1-2;/h1-5H,(H,8,9);1H3;1H. The van der Waals surface area contributed by atoms with Crippen molar-refractivity contribution in [1.82, 2.24) is 0 Å². The normalized spacial score (nSPS) is 7.17. The second-order valence-corrected chi connectivity index (χ2v) is 1.67. The van der Waals surface area contributed by atoms with Crippen molar-refractivity contribution >= 4 is 30.0 Å². The van der Waals surface area contributed by atoms with E-state index in [1.165, 1.54) is 6.38 Å². The molecule has 0 spiro atoms. The second-order valence-electron chi connectivity index (χ2n) is 1.67. The highest BCUT2D eigenvalue weighted by Gasteiger charge is 1.96. The van der Waals surface area contributed by atoms with Crippen LogP contribution in [0.5, 0.6) is 0 Å². The molecule has 0 atom stereocenters. The number of hydrogen-bond donors (Lipinski definition) is 1. The summed E-state index contributed by atoms with van der Waals surface area (Å²) in [6.07, 6.45) is 1.47. The second kappa shape index (κ2) is 8.37. The van der Waals surface area contributed by atoms with E-state index in [9.17, 15) is 4.79 Å². The first kappa shape index (κ1) is 13.8. The average molecular weight is 209 g/mol. The first-order valence-corrected chi connectivity index (χ1v) is 3.72. The molecule has 4 heteroatoms. The van der Waals surface area contributed by atoms with Gasteiger partial charge >= 0.3 is 5.97 Å². The summed E-state index contributed by atoms with van der Waals surface area (Å²) in [6.45, 7) is 0. The molecule has 12 heavy (non-hydrogen) atoms. The van der Waals surface area contributed by atoms with Crippen molar-refractivity contribution in [3.05, 3.63) is 35.9 Å². The molecule has 0 unspecified atom stereocenters. The Labute approximate surface area is 82.6 Å². The SMILES string of the molecule is CCl.Cl.O=C(O)c1ccccc1. The van der Waals surface area contributed by atoms with Crippen molar-refractivity contribution in [3.63, 3.8) is 0 Å². The average Bonchev–Trinajstić information content (AvgIpc) is 2.10. The molecule has 0 saturated heterocycles. The number of carboxylic acids is 1. The molecule has 0 heterocycles. The molecular weight excluding hydrogens is 199 g/mol. The van der Waals surface area contributed by atoms with Gasteiger partial charge in [-0.2, -0.15) is 0 Å². The molecule has 1 aromatic carbocycles. The number of halogens is 2. The van der Waals surface area contributed by atoms with E-state index in [1.54, 1.807) is 30.3 Å². The molecule has 0 bridgehead atoms. The lowest BCUT2D eigenvalue weighted by atomic mass is 10.2. The van der Waals surface area contributed by atoms with Gasteiger partial charge in [0.25, 0.3) is 0 Å². The minimum atomic E-state index is -0.879. The third-order valence-corrected chi connectivity index (χ3v) is 1.02. The number of aromatic carboxylic acids is 1. The Morgan fingerprint density at radius 3 is 1.92 bits per heavy atom. The first-order chi connectivity index (χ1) is 5.30. The molecule has 0 radical (unpaired) electrons. The third-order valence-electron chi connectivity index (χ3n) is 1.02. The number of alkyl halides is 1. The van der Waals surface area contributed by atoms with Crippen LogP contribution in [-0.4, -0.2) is 17.5 Å². The van der Waals surface area contributed by atoms with Crippen LogP contribution in [0.25, 0.3) is 0 Å². The van der Waals surface area contributed by atoms with Crippen LogP contribution in [0, 0.1) is 0 Å². The molecule has 68 valence electrons. The summed E-state index contributed by atoms with van der Waals surface area (Å²) in [6, 6.07) is 8.30. The fourth-order valence-electron chi connectivity index (χ4n) is 0.581. The van der Waals surface area contributed by atoms with Gasteiger partial charge in [-0.3, -0.25) is 0 Å². The molecule has 1 aromatic rings. The van der Waals surface area contributed by atoms with Crippen molar-refractivity contribution < 1.29 is 9.90 Å². The monoisotopic (exact) mass is 208 g/mol. The molecule has 0 aromatic heterocycles. The van der Waals surface area contributed by atoms with E-state index in [4.69, 9.17) is 5.11 Å². The van der Waals surface area contributed by atoms with E-state index in [-0.39, 0.29) is 12.4 Å². The largest absolute Gasteiger partial charge is 0.478 e. The molecule has 2 nitrogen and oxygen atoms in total. The number of benzene rings is 1. The van der Waals surface area contributed by atoms with Gasteiger partial charge in [-0.1, -0.05) is 18.2 Å². The predicted octanol–water partition coefficient (Wildman–Crippen LogP) is 2.66. The zero-order valence-electron chi connectivity index (χ0n) is 6.53. The van der Waals surface area contributed by atoms with Crippen molar-refractivity contribution in [2.75, 3.05) is 6.38 Å². The summed E-state index contributed by atoms with van der Waals surface area (Å²) in [5, 5.41) is 8.38. The maximum atomic E-state index is 10.2. The van der Waals surface area contributed by atoms with Gasteiger partial charge < -0.3 is 5.11 Å². The summed E-state index contributed by atoms with van der Waals surface area (Å²) in [5.74, 6) is -0.879. The van der Waals surface area contributed by atoms with Crippen LogP contribution >= 0.6 is 24.0 Å². The lowest BCUT2D eigenvalue weighted by Gasteiger charge is -1.88. The fourth-order valence-corrected chi connectivity index (χ4v) is 0.581. The molecule has 0 aliphatic carbocycles. The van der Waals surface area contributed by atoms with Gasteiger partial charge in [-0.15, -0.1) is 24.0 Å². The number of carboxylic acid groups (broad SMARTS) is 1. The van der Waals surface area contributed by atoms with Crippen LogP contribution in [0.2, 0.25) is 0 Å². The molecule has 0 amide bonds. The van der Waals surface area contributed by atoms with Gasteiger partial charge in [0.2, 0.25) is 0 Å². The van der Waals surface area contributed by atoms with Crippen molar-refractivity contribution in [2.24, 2.45) is 0 Å². The van der Waals surface area contributed by atoms with Gasteiger partial charge in [-0.05, 0) is 12.1 Å². The van der Waals surface area contributed by atoms with Gasteiger partial charge in [-0.25, -0.2) is 4.79 Å². The number of rotatable bonds is 1. The van der Waals surface area contributed by atoms with Gasteiger partial charge in [0.05, 0.1) is 5.56 Å². The van der Waals surface area contributed by atoms with E-state index in [0.29, 0.717) is 5.56 Å². The maximum absolute atomic E-state index is 10.2. The Morgan fingerprint density at radius 1 is 1.25 bits per heavy atom. The highest BCUT2D eigenvalue weighted by atomic mass is 35.5. The zero-order chi connectivity index (χ0) is 8.69.